The van der Waals surface area contributed by atoms with Gasteiger partial charge in [0.2, 0.25) is 5.91 Å². The van der Waals surface area contributed by atoms with Crippen LogP contribution in [0.4, 0.5) is 10.3 Å². The zero-order chi connectivity index (χ0) is 15.5. The second-order valence-corrected chi connectivity index (χ2v) is 7.39. The SMILES string of the molecule is Cc1cnc(N2CCN([C@H](C)C(=O)Nc3nccs3)CC2)s1. The molecule has 0 aromatic carbocycles. The van der Waals surface area contributed by atoms with E-state index in [9.17, 15) is 4.79 Å². The van der Waals surface area contributed by atoms with E-state index < -0.39 is 0 Å². The molecule has 118 valence electrons. The molecule has 0 saturated carbocycles. The van der Waals surface area contributed by atoms with Gasteiger partial charge < -0.3 is 10.2 Å². The Morgan fingerprint density at radius 3 is 2.68 bits per heavy atom. The molecule has 1 aliphatic rings. The number of carbonyl (C=O) groups excluding carboxylic acids is 1. The molecule has 1 amide bonds. The minimum atomic E-state index is -0.149. The van der Waals surface area contributed by atoms with Gasteiger partial charge in [0.15, 0.2) is 10.3 Å². The lowest BCUT2D eigenvalue weighted by molar-refractivity contribution is -0.120. The number of piperazine rings is 1. The van der Waals surface area contributed by atoms with Crippen LogP contribution in [-0.4, -0.2) is 53.0 Å². The fourth-order valence-electron chi connectivity index (χ4n) is 2.45. The molecule has 0 aliphatic carbocycles. The lowest BCUT2D eigenvalue weighted by atomic mass is 10.2. The van der Waals surface area contributed by atoms with Crippen LogP contribution in [0.15, 0.2) is 17.8 Å². The van der Waals surface area contributed by atoms with Gasteiger partial charge in [0, 0.05) is 48.8 Å². The van der Waals surface area contributed by atoms with E-state index in [0.717, 1.165) is 31.3 Å². The number of hydrogen-bond acceptors (Lipinski definition) is 7. The monoisotopic (exact) mass is 337 g/mol. The average Bonchev–Trinajstić information content (AvgIpc) is 3.18. The number of nitrogens with zero attached hydrogens (tertiary/aromatic N) is 4. The van der Waals surface area contributed by atoms with E-state index in [4.69, 9.17) is 0 Å². The van der Waals surface area contributed by atoms with Crippen molar-refractivity contribution in [3.63, 3.8) is 0 Å². The van der Waals surface area contributed by atoms with Crippen LogP contribution in [0.3, 0.4) is 0 Å². The highest BCUT2D eigenvalue weighted by Gasteiger charge is 2.26. The predicted octanol–water partition coefficient (Wildman–Crippen LogP) is 2.06. The second-order valence-electron chi connectivity index (χ2n) is 5.28. The molecule has 3 rings (SSSR count). The number of nitrogens with one attached hydrogen (secondary N) is 1. The Labute approximate surface area is 137 Å². The Balaban J connectivity index is 1.53. The summed E-state index contributed by atoms with van der Waals surface area (Å²) in [6.45, 7) is 7.56. The van der Waals surface area contributed by atoms with Crippen LogP contribution in [0.1, 0.15) is 11.8 Å². The van der Waals surface area contributed by atoms with Crippen molar-refractivity contribution >= 4 is 38.8 Å². The Hall–Kier alpha value is -1.51. The number of rotatable bonds is 4. The smallest absolute Gasteiger partial charge is 0.243 e. The molecule has 1 saturated heterocycles. The number of carbonyl (C=O) groups is 1. The lowest BCUT2D eigenvalue weighted by Crippen LogP contribution is -2.52. The number of aromatic nitrogens is 2. The summed E-state index contributed by atoms with van der Waals surface area (Å²) in [6.07, 6.45) is 3.61. The van der Waals surface area contributed by atoms with Crippen molar-refractivity contribution < 1.29 is 4.79 Å². The van der Waals surface area contributed by atoms with Crippen LogP contribution < -0.4 is 10.2 Å². The molecular formula is C14H19N5OS2. The summed E-state index contributed by atoms with van der Waals surface area (Å²) in [5.41, 5.74) is 0. The first-order valence-corrected chi connectivity index (χ1v) is 8.95. The molecule has 0 radical (unpaired) electrons. The van der Waals surface area contributed by atoms with Crippen molar-refractivity contribution in [1.29, 1.82) is 0 Å². The minimum absolute atomic E-state index is 0.00786. The van der Waals surface area contributed by atoms with E-state index in [1.165, 1.54) is 16.2 Å². The van der Waals surface area contributed by atoms with Crippen LogP contribution >= 0.6 is 22.7 Å². The van der Waals surface area contributed by atoms with Gasteiger partial charge in [0.05, 0.1) is 6.04 Å². The average molecular weight is 337 g/mol. The third-order valence-corrected chi connectivity index (χ3v) is 5.45. The summed E-state index contributed by atoms with van der Waals surface area (Å²) >= 11 is 3.16. The Morgan fingerprint density at radius 2 is 2.09 bits per heavy atom. The van der Waals surface area contributed by atoms with Gasteiger partial charge in [-0.3, -0.25) is 9.69 Å². The van der Waals surface area contributed by atoms with E-state index in [1.54, 1.807) is 17.5 Å². The fourth-order valence-corrected chi connectivity index (χ4v) is 3.79. The summed E-state index contributed by atoms with van der Waals surface area (Å²) in [5.74, 6) is 0.00786. The van der Waals surface area contributed by atoms with Crippen molar-refractivity contribution in [2.45, 2.75) is 19.9 Å². The molecule has 1 aliphatic heterocycles. The van der Waals surface area contributed by atoms with Crippen LogP contribution in [-0.2, 0) is 4.79 Å². The molecule has 22 heavy (non-hydrogen) atoms. The van der Waals surface area contributed by atoms with Crippen LogP contribution in [0.25, 0.3) is 0 Å². The molecule has 0 spiro atoms. The first kappa shape index (κ1) is 15.4. The zero-order valence-corrected chi connectivity index (χ0v) is 14.3. The van der Waals surface area contributed by atoms with Crippen molar-refractivity contribution in [3.8, 4) is 0 Å². The van der Waals surface area contributed by atoms with Crippen molar-refractivity contribution in [1.82, 2.24) is 14.9 Å². The topological polar surface area (TPSA) is 61.4 Å². The normalized spacial score (nSPS) is 17.5. The van der Waals surface area contributed by atoms with E-state index >= 15 is 0 Å². The highest BCUT2D eigenvalue weighted by atomic mass is 32.1. The van der Waals surface area contributed by atoms with Gasteiger partial charge in [0.1, 0.15) is 0 Å². The van der Waals surface area contributed by atoms with Gasteiger partial charge in [-0.15, -0.1) is 22.7 Å². The molecule has 6 nitrogen and oxygen atoms in total. The Bertz CT molecular complexity index is 619. The summed E-state index contributed by atoms with van der Waals surface area (Å²) in [6, 6.07) is -0.149. The summed E-state index contributed by atoms with van der Waals surface area (Å²) in [7, 11) is 0. The van der Waals surface area contributed by atoms with Gasteiger partial charge in [0.25, 0.3) is 0 Å². The molecule has 2 aromatic heterocycles. The number of anilines is 2. The molecule has 0 unspecified atom stereocenters. The summed E-state index contributed by atoms with van der Waals surface area (Å²) < 4.78 is 0. The highest BCUT2D eigenvalue weighted by molar-refractivity contribution is 7.15. The van der Waals surface area contributed by atoms with Gasteiger partial charge >= 0.3 is 0 Å². The van der Waals surface area contributed by atoms with Gasteiger partial charge in [-0.1, -0.05) is 0 Å². The quantitative estimate of drug-likeness (QED) is 0.925. The zero-order valence-electron chi connectivity index (χ0n) is 12.7. The fraction of sp³-hybridized carbons (Fsp3) is 0.500. The number of hydrogen-bond donors (Lipinski definition) is 1. The third kappa shape index (κ3) is 3.45. The molecule has 8 heteroatoms. The van der Waals surface area contributed by atoms with Crippen molar-refractivity contribution in [2.24, 2.45) is 0 Å². The lowest BCUT2D eigenvalue weighted by Gasteiger charge is -2.37. The maximum absolute atomic E-state index is 12.3. The van der Waals surface area contributed by atoms with Crippen LogP contribution in [0.2, 0.25) is 0 Å². The first-order chi connectivity index (χ1) is 10.6. The summed E-state index contributed by atoms with van der Waals surface area (Å²) in [4.78, 5) is 26.5. The van der Waals surface area contributed by atoms with E-state index in [0.29, 0.717) is 5.13 Å². The first-order valence-electron chi connectivity index (χ1n) is 7.25. The maximum atomic E-state index is 12.3. The van der Waals surface area contributed by atoms with Crippen molar-refractivity contribution in [3.05, 3.63) is 22.7 Å². The standard InChI is InChI=1S/C14H19N5OS2/c1-10-9-16-14(22-10)19-6-4-18(5-7-19)11(2)12(20)17-13-15-3-8-21-13/h3,8-9,11H,4-7H2,1-2H3,(H,15,17,20)/t11-/m1/s1. The van der Waals surface area contributed by atoms with E-state index in [1.807, 2.05) is 18.5 Å². The van der Waals surface area contributed by atoms with Gasteiger partial charge in [-0.25, -0.2) is 9.97 Å². The largest absolute Gasteiger partial charge is 0.346 e. The number of amides is 1. The molecule has 3 heterocycles. The molecular weight excluding hydrogens is 318 g/mol. The van der Waals surface area contributed by atoms with Gasteiger partial charge in [-0.2, -0.15) is 0 Å². The maximum Gasteiger partial charge on any atom is 0.243 e. The van der Waals surface area contributed by atoms with Crippen LogP contribution in [0, 0.1) is 6.92 Å². The predicted molar refractivity (Wildman–Crippen MR) is 90.8 cm³/mol. The van der Waals surface area contributed by atoms with Crippen molar-refractivity contribution in [2.75, 3.05) is 36.4 Å². The summed E-state index contributed by atoms with van der Waals surface area (Å²) in [5, 5.41) is 6.47. The van der Waals surface area contributed by atoms with E-state index in [2.05, 4.69) is 32.0 Å². The second kappa shape index (κ2) is 6.72. The highest BCUT2D eigenvalue weighted by Crippen LogP contribution is 2.23. The molecule has 0 bridgehead atoms. The Kier molecular flexibility index (Phi) is 4.70. The Morgan fingerprint density at radius 1 is 1.32 bits per heavy atom. The molecule has 2 aromatic rings. The minimum Gasteiger partial charge on any atom is -0.346 e. The third-order valence-electron chi connectivity index (χ3n) is 3.78. The number of thiazole rings is 2. The molecule has 1 N–H and O–H groups in total. The number of aryl methyl sites for hydroxylation is 1. The molecule has 1 fully saturated rings. The molecule has 1 atom stereocenters. The van der Waals surface area contributed by atoms with Crippen LogP contribution in [0.5, 0.6) is 0 Å². The van der Waals surface area contributed by atoms with E-state index in [-0.39, 0.29) is 11.9 Å². The van der Waals surface area contributed by atoms with Gasteiger partial charge in [-0.05, 0) is 13.8 Å².